The molecule has 0 aliphatic carbocycles. The summed E-state index contributed by atoms with van der Waals surface area (Å²) in [4.78, 5) is 16.7. The Labute approximate surface area is 264 Å². The molecule has 0 spiro atoms. The number of nitrogens with two attached hydrogens (primary N) is 1. The largest absolute Gasteiger partial charge is 0.461 e. The van der Waals surface area contributed by atoms with Crippen LogP contribution in [0.1, 0.15) is 38.7 Å². The topological polar surface area (TPSA) is 92.4 Å². The fourth-order valence-corrected chi connectivity index (χ4v) is 8.35. The van der Waals surface area contributed by atoms with E-state index < -0.39 is 46.2 Å². The summed E-state index contributed by atoms with van der Waals surface area (Å²) >= 11 is 0.758. The second-order valence-electron chi connectivity index (χ2n) is 13.3. The summed E-state index contributed by atoms with van der Waals surface area (Å²) in [7, 11) is 1.70. The third kappa shape index (κ3) is 5.01. The highest BCUT2D eigenvalue weighted by molar-refractivity contribution is 7.22. The van der Waals surface area contributed by atoms with Crippen molar-refractivity contribution in [2.24, 2.45) is 5.41 Å². The molecule has 246 valence electrons. The van der Waals surface area contributed by atoms with Gasteiger partial charge in [0.1, 0.15) is 29.9 Å². The van der Waals surface area contributed by atoms with E-state index in [4.69, 9.17) is 10.5 Å². The number of benzene rings is 2. The maximum atomic E-state index is 16.9. The maximum absolute atomic E-state index is 16.9. The van der Waals surface area contributed by atoms with Crippen LogP contribution in [0.3, 0.4) is 0 Å². The second-order valence-corrected chi connectivity index (χ2v) is 14.3. The first-order valence-electron chi connectivity index (χ1n) is 15.1. The van der Waals surface area contributed by atoms with Gasteiger partial charge in [-0.05, 0) is 43.0 Å². The molecule has 3 N–H and O–H groups in total. The molecular formula is C31H33F6N7OS. The normalized spacial score (nSPS) is 24.7. The Kier molecular flexibility index (Phi) is 7.33. The van der Waals surface area contributed by atoms with E-state index in [1.165, 1.54) is 0 Å². The van der Waals surface area contributed by atoms with Gasteiger partial charge in [0, 0.05) is 55.7 Å². The number of anilines is 2. The van der Waals surface area contributed by atoms with Gasteiger partial charge in [0.15, 0.2) is 10.9 Å². The van der Waals surface area contributed by atoms with Crippen molar-refractivity contribution < 1.29 is 31.1 Å². The minimum atomic E-state index is -5.01. The van der Waals surface area contributed by atoms with Crippen LogP contribution in [-0.2, 0) is 6.18 Å². The van der Waals surface area contributed by atoms with Crippen LogP contribution in [0.5, 0.6) is 6.01 Å². The molecule has 5 heterocycles. The number of hydrogen-bond donors (Lipinski definition) is 2. The molecule has 3 fully saturated rings. The van der Waals surface area contributed by atoms with Crippen molar-refractivity contribution >= 4 is 43.4 Å². The lowest BCUT2D eigenvalue weighted by atomic mass is 9.87. The first-order valence-corrected chi connectivity index (χ1v) is 15.9. The third-order valence-corrected chi connectivity index (χ3v) is 10.7. The number of ether oxygens (including phenoxy) is 1. The number of aromatic nitrogens is 3. The number of likely N-dealkylation sites (N-methyl/N-ethyl adjacent to an activating group) is 1. The lowest BCUT2D eigenvalue weighted by Gasteiger charge is -2.35. The Morgan fingerprint density at radius 3 is 2.67 bits per heavy atom. The van der Waals surface area contributed by atoms with Gasteiger partial charge in [0.25, 0.3) is 0 Å². The molecule has 0 unspecified atom stereocenters. The van der Waals surface area contributed by atoms with Gasteiger partial charge in [-0.25, -0.2) is 18.2 Å². The first-order chi connectivity index (χ1) is 21.7. The number of nitrogen functional groups attached to an aromatic ring is 1. The van der Waals surface area contributed by atoms with E-state index in [0.717, 1.165) is 42.5 Å². The number of nitrogens with one attached hydrogen (secondary N) is 1. The Balaban J connectivity index is 1.44. The summed E-state index contributed by atoms with van der Waals surface area (Å²) in [6.45, 7) is 6.29. The third-order valence-electron chi connectivity index (χ3n) is 9.83. The highest BCUT2D eigenvalue weighted by atomic mass is 32.1. The molecular weight excluding hydrogens is 632 g/mol. The summed E-state index contributed by atoms with van der Waals surface area (Å²) in [5.41, 5.74) is 1.98. The highest BCUT2D eigenvalue weighted by Gasteiger charge is 2.49. The van der Waals surface area contributed by atoms with Crippen molar-refractivity contribution in [3.8, 4) is 17.1 Å². The highest BCUT2D eigenvalue weighted by Crippen LogP contribution is 2.47. The predicted octanol–water partition coefficient (Wildman–Crippen LogP) is 6.18. The first kappa shape index (κ1) is 31.2. The van der Waals surface area contributed by atoms with Crippen molar-refractivity contribution in [2.75, 3.05) is 50.5 Å². The van der Waals surface area contributed by atoms with Crippen LogP contribution in [-0.4, -0.2) is 77.4 Å². The molecule has 7 rings (SSSR count). The molecule has 3 aliphatic heterocycles. The zero-order valence-corrected chi connectivity index (χ0v) is 26.3. The van der Waals surface area contributed by atoms with Crippen molar-refractivity contribution in [3.63, 3.8) is 0 Å². The van der Waals surface area contributed by atoms with Crippen molar-refractivity contribution in [2.45, 2.75) is 57.0 Å². The minimum Gasteiger partial charge on any atom is -0.461 e. The molecule has 46 heavy (non-hydrogen) atoms. The van der Waals surface area contributed by atoms with E-state index >= 15 is 4.39 Å². The van der Waals surface area contributed by atoms with Gasteiger partial charge in [0.2, 0.25) is 0 Å². The van der Waals surface area contributed by atoms with E-state index in [2.05, 4.69) is 20.3 Å². The molecule has 0 radical (unpaired) electrons. The van der Waals surface area contributed by atoms with Crippen LogP contribution >= 0.6 is 11.3 Å². The van der Waals surface area contributed by atoms with Gasteiger partial charge >= 0.3 is 12.2 Å². The number of fused-ring (bicyclic) bond motifs is 3. The number of hydrogen-bond acceptors (Lipinski definition) is 9. The number of nitrogens with zero attached hydrogens (tertiary/aromatic N) is 5. The molecule has 2 aromatic heterocycles. The van der Waals surface area contributed by atoms with Crippen molar-refractivity contribution in [3.05, 3.63) is 35.4 Å². The summed E-state index contributed by atoms with van der Waals surface area (Å²) in [6, 6.07) is 2.43. The molecule has 3 atom stereocenters. The lowest BCUT2D eigenvalue weighted by Crippen LogP contribution is -2.44. The van der Waals surface area contributed by atoms with E-state index in [9.17, 15) is 22.0 Å². The average molecular weight is 666 g/mol. The molecule has 8 nitrogen and oxygen atoms in total. The van der Waals surface area contributed by atoms with Crippen LogP contribution in [0.4, 0.5) is 37.3 Å². The number of thiazole rings is 1. The number of alkyl halides is 4. The van der Waals surface area contributed by atoms with Crippen molar-refractivity contribution in [1.82, 2.24) is 25.2 Å². The van der Waals surface area contributed by atoms with E-state index in [1.54, 1.807) is 11.9 Å². The summed E-state index contributed by atoms with van der Waals surface area (Å²) in [5.74, 6) is -1.95. The predicted molar refractivity (Wildman–Crippen MR) is 165 cm³/mol. The van der Waals surface area contributed by atoms with E-state index in [-0.39, 0.29) is 62.6 Å². The lowest BCUT2D eigenvalue weighted by molar-refractivity contribution is -0.137. The van der Waals surface area contributed by atoms with Gasteiger partial charge in [-0.2, -0.15) is 23.1 Å². The Morgan fingerprint density at radius 2 is 1.96 bits per heavy atom. The van der Waals surface area contributed by atoms with Crippen LogP contribution in [0.25, 0.3) is 32.2 Å². The Bertz CT molecular complexity index is 1850. The molecule has 3 saturated heterocycles. The van der Waals surface area contributed by atoms with E-state index in [1.807, 2.05) is 18.7 Å². The van der Waals surface area contributed by atoms with Crippen molar-refractivity contribution in [1.29, 1.82) is 0 Å². The Morgan fingerprint density at radius 1 is 1.17 bits per heavy atom. The quantitative estimate of drug-likeness (QED) is 0.236. The second kappa shape index (κ2) is 10.8. The van der Waals surface area contributed by atoms with Crippen LogP contribution < -0.4 is 20.7 Å². The zero-order valence-electron chi connectivity index (χ0n) is 25.4. The molecule has 2 aromatic carbocycles. The average Bonchev–Trinajstić information content (AvgIpc) is 3.73. The molecule has 3 aliphatic rings. The van der Waals surface area contributed by atoms with Gasteiger partial charge in [0.05, 0.1) is 21.3 Å². The SMILES string of the molecule is CN(c1nc(OC[C@@]23CCCN2C[C@H](F)C3)nc2c(F)c(-c3ccc(F)c4sc(N)nc34)c(C(F)(F)F)cc12)[C@@H]1CNCC1(C)C. The van der Waals surface area contributed by atoms with Gasteiger partial charge in [-0.15, -0.1) is 0 Å². The number of halogens is 6. The zero-order chi connectivity index (χ0) is 32.8. The van der Waals surface area contributed by atoms with E-state index in [0.29, 0.717) is 26.1 Å². The molecule has 0 bridgehead atoms. The molecule has 0 amide bonds. The maximum Gasteiger partial charge on any atom is 0.417 e. The summed E-state index contributed by atoms with van der Waals surface area (Å²) in [6.07, 6.45) is -4.16. The van der Waals surface area contributed by atoms with Gasteiger partial charge in [-0.1, -0.05) is 25.2 Å². The standard InChI is InChI=1S/C31H33F6N7OS/c1-29(2)13-39-11-20(29)43(3)26-17-9-18(31(35,36)37)21(16-5-6-19(33)25-24(16)40-27(38)46-25)22(34)23(17)41-28(42-26)45-14-30-7-4-8-44(30)12-15(32)10-30/h5-6,9,15,20,39H,4,7-8,10-14H2,1-3H3,(H2,38,40)/t15-,20-,30+/m1/s1. The molecule has 0 saturated carbocycles. The number of rotatable bonds is 6. The fraction of sp³-hybridized carbons (Fsp3) is 0.516. The minimum absolute atomic E-state index is 0.0460. The molecule has 4 aromatic rings. The molecule has 15 heteroatoms. The van der Waals surface area contributed by atoms with Crippen LogP contribution in [0.15, 0.2) is 18.2 Å². The Hall–Kier alpha value is -3.43. The smallest absolute Gasteiger partial charge is 0.417 e. The summed E-state index contributed by atoms with van der Waals surface area (Å²) < 4.78 is 96.4. The monoisotopic (exact) mass is 665 g/mol. The van der Waals surface area contributed by atoms with Gasteiger partial charge in [-0.3, -0.25) is 4.90 Å². The van der Waals surface area contributed by atoms with Gasteiger partial charge < -0.3 is 20.7 Å². The fourth-order valence-electron chi connectivity index (χ4n) is 7.59. The summed E-state index contributed by atoms with van der Waals surface area (Å²) in [5, 5.41) is 3.07. The van der Waals surface area contributed by atoms with Crippen LogP contribution in [0.2, 0.25) is 0 Å². The van der Waals surface area contributed by atoms with Crippen LogP contribution in [0, 0.1) is 17.0 Å².